The van der Waals surface area contributed by atoms with Crippen LogP contribution in [0, 0.1) is 0 Å². The smallest absolute Gasteiger partial charge is 0.337 e. The fourth-order valence-corrected chi connectivity index (χ4v) is 8.22. The molecule has 3 aromatic carbocycles. The topological polar surface area (TPSA) is 188 Å². The van der Waals surface area contributed by atoms with Crippen molar-refractivity contribution in [2.45, 2.75) is 38.8 Å². The monoisotopic (exact) mass is 737 g/mol. The second kappa shape index (κ2) is 11.9. The lowest BCUT2D eigenvalue weighted by Crippen LogP contribution is -2.47. The molecule has 3 aromatic rings. The molecule has 3 aliphatic heterocycles. The number of rotatable bonds is 7. The minimum Gasteiger partial charge on any atom is -0.478 e. The van der Waals surface area contributed by atoms with Gasteiger partial charge in [-0.2, -0.15) is 16.8 Å². The quantitative estimate of drug-likeness (QED) is 0.143. The van der Waals surface area contributed by atoms with E-state index in [1.165, 1.54) is 25.3 Å². The van der Waals surface area contributed by atoms with Crippen molar-refractivity contribution < 1.29 is 50.1 Å². The Morgan fingerprint density at radius 1 is 0.843 bits per heavy atom. The number of benzene rings is 3. The van der Waals surface area contributed by atoms with E-state index in [2.05, 4.69) is 0 Å². The maximum absolute atomic E-state index is 12.8. The molecule has 3 aliphatic rings. The van der Waals surface area contributed by atoms with E-state index in [-0.39, 0.29) is 16.7 Å². The highest BCUT2D eigenvalue weighted by molar-refractivity contribution is 7.86. The number of ether oxygens (including phenoxy) is 2. The van der Waals surface area contributed by atoms with Crippen molar-refractivity contribution in [1.82, 2.24) is 4.58 Å². The zero-order valence-electron chi connectivity index (χ0n) is 28.9. The summed E-state index contributed by atoms with van der Waals surface area (Å²) in [5.41, 5.74) is 1.40. The van der Waals surface area contributed by atoms with Crippen molar-refractivity contribution in [2.75, 3.05) is 37.6 Å². The van der Waals surface area contributed by atoms with Gasteiger partial charge in [0.15, 0.2) is 5.54 Å². The summed E-state index contributed by atoms with van der Waals surface area (Å²) in [7, 11) is -4.11. The first-order valence-electron chi connectivity index (χ1n) is 15.7. The highest BCUT2D eigenvalue weighted by atomic mass is 32.2. The first-order chi connectivity index (χ1) is 23.5. The molecule has 15 heteroatoms. The summed E-state index contributed by atoms with van der Waals surface area (Å²) in [5, 5.41) is 11.4. The molecular formula is C36H37N2O11S2+. The predicted molar refractivity (Wildman–Crippen MR) is 191 cm³/mol. The molecule has 3 N–H and O–H groups in total. The Labute approximate surface area is 294 Å². The Morgan fingerprint density at radius 2 is 1.47 bits per heavy atom. The highest BCUT2D eigenvalue weighted by Crippen LogP contribution is 2.46. The van der Waals surface area contributed by atoms with Gasteiger partial charge in [-0.1, -0.05) is 12.1 Å². The largest absolute Gasteiger partial charge is 0.478 e. The Morgan fingerprint density at radius 3 is 2.06 bits per heavy atom. The molecule has 0 amide bonds. The average molecular weight is 738 g/mol. The van der Waals surface area contributed by atoms with E-state index in [0.717, 1.165) is 0 Å². The molecule has 0 aliphatic carbocycles. The van der Waals surface area contributed by atoms with Crippen molar-refractivity contribution in [3.8, 4) is 11.5 Å². The molecule has 0 aromatic heterocycles. The van der Waals surface area contributed by atoms with Crippen LogP contribution in [0.1, 0.15) is 70.7 Å². The number of anilines is 1. The molecule has 0 spiro atoms. The van der Waals surface area contributed by atoms with Gasteiger partial charge in [0, 0.05) is 54.6 Å². The summed E-state index contributed by atoms with van der Waals surface area (Å²) in [6.45, 7) is 7.54. The number of hydrogen-bond donors (Lipinski definition) is 3. The molecule has 13 nitrogen and oxygen atoms in total. The molecule has 3 heterocycles. The first kappa shape index (κ1) is 36.0. The van der Waals surface area contributed by atoms with Gasteiger partial charge in [0.05, 0.1) is 35.4 Å². The van der Waals surface area contributed by atoms with Crippen molar-refractivity contribution in [1.29, 1.82) is 0 Å². The number of methoxy groups -OCH3 is 1. The van der Waals surface area contributed by atoms with Gasteiger partial charge >= 0.3 is 11.9 Å². The third-order valence-electron chi connectivity index (χ3n) is 9.77. The average Bonchev–Trinajstić information content (AvgIpc) is 3.01. The van der Waals surface area contributed by atoms with Crippen molar-refractivity contribution >= 4 is 54.6 Å². The van der Waals surface area contributed by atoms with E-state index < -0.39 is 54.8 Å². The molecule has 0 unspecified atom stereocenters. The molecule has 0 saturated carbocycles. The fraction of sp³-hybridized carbons (Fsp3) is 0.306. The zero-order chi connectivity index (χ0) is 37.6. The molecule has 51 heavy (non-hydrogen) atoms. The summed E-state index contributed by atoms with van der Waals surface area (Å²) in [4.78, 5) is 27.2. The number of carboxylic acid groups (broad SMARTS) is 1. The van der Waals surface area contributed by atoms with E-state index in [4.69, 9.17) is 9.47 Å². The van der Waals surface area contributed by atoms with Gasteiger partial charge in [-0.15, -0.1) is 0 Å². The third kappa shape index (κ3) is 6.46. The lowest BCUT2D eigenvalue weighted by Gasteiger charge is -2.41. The normalized spacial score (nSPS) is 17.2. The van der Waals surface area contributed by atoms with Crippen LogP contribution in [0.25, 0.3) is 16.7 Å². The lowest BCUT2D eigenvalue weighted by atomic mass is 9.83. The number of likely N-dealkylation sites (N-methyl/N-ethyl adjacent to an activating group) is 2. The molecule has 0 atom stereocenters. The van der Waals surface area contributed by atoms with Gasteiger partial charge < -0.3 is 19.5 Å². The van der Waals surface area contributed by atoms with Gasteiger partial charge in [-0.25, -0.2) is 14.2 Å². The second-order valence-electron chi connectivity index (χ2n) is 14.0. The minimum atomic E-state index is -4.48. The number of hydrogen-bond acceptors (Lipinski definition) is 9. The van der Waals surface area contributed by atoms with Gasteiger partial charge in [-0.05, 0) is 60.9 Å². The van der Waals surface area contributed by atoms with E-state index >= 15 is 0 Å². The minimum absolute atomic E-state index is 0.00732. The standard InChI is InChI=1S/C36H36N2O11S2/c1-35(2)15-20(17-50(42,43)44)23-11-26-30(13-28(23)37(35)5)49-31-14-29-24(21(18-51(45,46)47)16-36(3,4)38(29)6)12-27(31)32(26)22-9-8-19(34(41)48-7)10-25(22)33(39)40/h8-16H,17-18H2,1-7H3,(H2-,39,40,42,43,44,45,46,47)/p+1. The highest BCUT2D eigenvalue weighted by Gasteiger charge is 2.37. The molecule has 268 valence electrons. The van der Waals surface area contributed by atoms with Gasteiger partial charge in [0.25, 0.3) is 20.2 Å². The van der Waals surface area contributed by atoms with Crippen LogP contribution in [0.5, 0.6) is 11.5 Å². The van der Waals surface area contributed by atoms with E-state index in [0.29, 0.717) is 61.2 Å². The number of carbonyl (C=O) groups excluding carboxylic acids is 1. The van der Waals surface area contributed by atoms with Crippen LogP contribution < -0.4 is 24.8 Å². The first-order valence-corrected chi connectivity index (χ1v) is 18.9. The van der Waals surface area contributed by atoms with Crippen LogP contribution in [0.4, 0.5) is 5.69 Å². The van der Waals surface area contributed by atoms with Crippen molar-refractivity contribution in [2.24, 2.45) is 0 Å². The van der Waals surface area contributed by atoms with Gasteiger partial charge in [-0.3, -0.25) is 9.11 Å². The maximum Gasteiger partial charge on any atom is 0.337 e. The number of nitrogens with zero attached hydrogens (tertiary/aromatic N) is 2. The molecule has 6 rings (SSSR count). The van der Waals surface area contributed by atoms with Crippen molar-refractivity contribution in [3.05, 3.63) is 98.6 Å². The number of fused-ring (bicyclic) bond motifs is 4. The zero-order valence-corrected chi connectivity index (χ0v) is 30.6. The van der Waals surface area contributed by atoms with E-state index in [1.807, 2.05) is 51.3 Å². The van der Waals surface area contributed by atoms with Crippen LogP contribution in [0.2, 0.25) is 0 Å². The predicted octanol–water partition coefficient (Wildman–Crippen LogP) is 3.21. The summed E-state index contributed by atoms with van der Waals surface area (Å²) in [6, 6.07) is 10.9. The number of carbonyl (C=O) groups is 2. The fourth-order valence-electron chi connectivity index (χ4n) is 6.96. The Hall–Kier alpha value is -4.83. The molecule has 0 saturated heterocycles. The summed E-state index contributed by atoms with van der Waals surface area (Å²) in [6.07, 6.45) is 3.47. The summed E-state index contributed by atoms with van der Waals surface area (Å²) >= 11 is 0. The third-order valence-corrected chi connectivity index (χ3v) is 11.1. The van der Waals surface area contributed by atoms with E-state index in [1.54, 1.807) is 36.4 Å². The maximum atomic E-state index is 12.8. The molecular weight excluding hydrogens is 701 g/mol. The van der Waals surface area contributed by atoms with E-state index in [9.17, 15) is 40.6 Å². The number of esters is 1. The SMILES string of the molecule is COC(=O)c1ccc(C2=c3cc4c(cc3Oc3cc5c(cc32)C(CS(=O)(=O)O)=CC(C)(C)N5C)=[N+](C)C(C)(C)C=C4CS(=O)(=O)O)c(C(=O)O)c1. The van der Waals surface area contributed by atoms with Crippen LogP contribution in [-0.2, 0) is 25.0 Å². The molecule has 0 fully saturated rings. The molecule has 0 radical (unpaired) electrons. The summed E-state index contributed by atoms with van der Waals surface area (Å²) < 4.78 is 82.0. The Kier molecular flexibility index (Phi) is 8.37. The second-order valence-corrected chi connectivity index (χ2v) is 16.9. The van der Waals surface area contributed by atoms with Gasteiger partial charge in [0.1, 0.15) is 30.1 Å². The van der Waals surface area contributed by atoms with Crippen LogP contribution >= 0.6 is 0 Å². The Balaban J connectivity index is 1.78. The molecule has 0 bridgehead atoms. The number of carboxylic acids is 1. The summed E-state index contributed by atoms with van der Waals surface area (Å²) in [5.74, 6) is -2.84. The number of aromatic carboxylic acids is 1. The van der Waals surface area contributed by atoms with Crippen LogP contribution in [0.3, 0.4) is 0 Å². The van der Waals surface area contributed by atoms with Gasteiger partial charge in [0.2, 0.25) is 5.36 Å². The lowest BCUT2D eigenvalue weighted by molar-refractivity contribution is 0.0600. The Bertz CT molecular complexity index is 2510. The van der Waals surface area contributed by atoms with Crippen LogP contribution in [0.15, 0.2) is 54.6 Å². The van der Waals surface area contributed by atoms with Crippen molar-refractivity contribution in [3.63, 3.8) is 0 Å². The van der Waals surface area contributed by atoms with Crippen LogP contribution in [-0.4, -0.2) is 86.8 Å².